The summed E-state index contributed by atoms with van der Waals surface area (Å²) < 4.78 is 12.0. The quantitative estimate of drug-likeness (QED) is 0.402. The number of carbonyl (C=O) groups is 2. The van der Waals surface area contributed by atoms with E-state index in [1.54, 1.807) is 11.0 Å². The van der Waals surface area contributed by atoms with E-state index in [1.807, 2.05) is 72.8 Å². The van der Waals surface area contributed by atoms with E-state index < -0.39 is 0 Å². The molecular weight excluding hydrogens is 468 g/mol. The topological polar surface area (TPSA) is 67.9 Å². The highest BCUT2D eigenvalue weighted by Gasteiger charge is 2.27. The number of benzene rings is 3. The smallest absolute Gasteiger partial charge is 0.265 e. The van der Waals surface area contributed by atoms with Crippen LogP contribution in [0.2, 0.25) is 0 Å². The van der Waals surface area contributed by atoms with E-state index >= 15 is 0 Å². The molecule has 34 heavy (non-hydrogen) atoms. The number of thiocarbonyl (C=S) groups is 1. The number of nitrogens with one attached hydrogen (secondary N) is 1. The van der Waals surface area contributed by atoms with E-state index in [0.29, 0.717) is 33.8 Å². The van der Waals surface area contributed by atoms with E-state index in [4.69, 9.17) is 21.7 Å². The van der Waals surface area contributed by atoms with Gasteiger partial charge in [0.2, 0.25) is 0 Å². The Labute approximate surface area is 206 Å². The number of nitrogens with zero attached hydrogens (tertiary/aromatic N) is 1. The summed E-state index contributed by atoms with van der Waals surface area (Å²) in [6.07, 6.45) is 1.76. The summed E-state index contributed by atoms with van der Waals surface area (Å²) in [7, 11) is 0. The maximum absolute atomic E-state index is 12.8. The zero-order valence-electron chi connectivity index (χ0n) is 18.0. The van der Waals surface area contributed by atoms with Crippen LogP contribution >= 0.6 is 24.0 Å². The lowest BCUT2D eigenvalue weighted by atomic mass is 10.1. The molecule has 2 amide bonds. The van der Waals surface area contributed by atoms with Crippen LogP contribution in [-0.4, -0.2) is 22.7 Å². The van der Waals surface area contributed by atoms with Crippen molar-refractivity contribution in [1.82, 2.24) is 5.32 Å². The number of fused-ring (bicyclic) bond motifs is 1. The van der Waals surface area contributed by atoms with Crippen molar-refractivity contribution < 1.29 is 19.1 Å². The van der Waals surface area contributed by atoms with Gasteiger partial charge in [-0.15, -0.1) is 0 Å². The molecule has 0 atom stereocenters. The minimum absolute atomic E-state index is 0.0236. The first-order chi connectivity index (χ1) is 16.5. The van der Waals surface area contributed by atoms with Gasteiger partial charge in [0.25, 0.3) is 11.8 Å². The molecule has 0 aliphatic carbocycles. The van der Waals surface area contributed by atoms with Crippen molar-refractivity contribution in [3.05, 3.63) is 94.4 Å². The molecule has 0 bridgehead atoms. The monoisotopic (exact) mass is 488 g/mol. The molecule has 3 aromatic carbocycles. The number of hydrogen-bond donors (Lipinski definition) is 1. The zero-order chi connectivity index (χ0) is 23.5. The summed E-state index contributed by atoms with van der Waals surface area (Å²) in [4.78, 5) is 27.0. The highest BCUT2D eigenvalue weighted by molar-refractivity contribution is 8.26. The third kappa shape index (κ3) is 4.98. The largest absolute Gasteiger partial charge is 0.489 e. The first kappa shape index (κ1) is 22.2. The molecule has 1 fully saturated rings. The lowest BCUT2D eigenvalue weighted by Crippen LogP contribution is -2.38. The van der Waals surface area contributed by atoms with Gasteiger partial charge in [-0.05, 0) is 47.0 Å². The summed E-state index contributed by atoms with van der Waals surface area (Å²) in [5.41, 5.74) is 3.46. The van der Waals surface area contributed by atoms with Crippen molar-refractivity contribution >= 4 is 51.9 Å². The summed E-state index contributed by atoms with van der Waals surface area (Å²) in [5.74, 6) is 1.00. The molecule has 5 rings (SSSR count). The van der Waals surface area contributed by atoms with Crippen molar-refractivity contribution in [3.63, 3.8) is 0 Å². The number of anilines is 1. The average molecular weight is 489 g/mol. The van der Waals surface area contributed by atoms with Gasteiger partial charge in [-0.1, -0.05) is 72.5 Å². The Morgan fingerprint density at radius 1 is 1.03 bits per heavy atom. The maximum atomic E-state index is 12.8. The fraction of sp³-hybridized carbons (Fsp3) is 0.115. The van der Waals surface area contributed by atoms with E-state index in [-0.39, 0.29) is 18.4 Å². The second-order valence-corrected chi connectivity index (χ2v) is 9.49. The second-order valence-electron chi connectivity index (χ2n) is 7.77. The van der Waals surface area contributed by atoms with E-state index in [0.717, 1.165) is 22.4 Å². The molecule has 3 aromatic rings. The first-order valence-electron chi connectivity index (χ1n) is 10.6. The molecule has 1 N–H and O–H groups in total. The summed E-state index contributed by atoms with van der Waals surface area (Å²) in [5, 5.41) is 2.61. The SMILES string of the molecule is O=C1NC(=S)SC1=Cc1ccc2c(c1)N(Cc1cccc(OCc3ccccc3)c1)C(=O)CO2. The van der Waals surface area contributed by atoms with E-state index in [9.17, 15) is 9.59 Å². The highest BCUT2D eigenvalue weighted by Crippen LogP contribution is 2.36. The van der Waals surface area contributed by atoms with Crippen LogP contribution in [0.1, 0.15) is 16.7 Å². The van der Waals surface area contributed by atoms with Crippen LogP contribution in [0.25, 0.3) is 6.08 Å². The third-order valence-electron chi connectivity index (χ3n) is 5.35. The fourth-order valence-corrected chi connectivity index (χ4v) is 4.76. The van der Waals surface area contributed by atoms with Gasteiger partial charge in [-0.3, -0.25) is 9.59 Å². The fourth-order valence-electron chi connectivity index (χ4n) is 3.71. The molecule has 2 aliphatic rings. The molecule has 8 heteroatoms. The standard InChI is InChI=1S/C26H20N2O4S2/c29-24-16-32-22-10-9-18(13-23-25(30)27-26(33)34-23)12-21(22)28(24)14-19-7-4-8-20(11-19)31-15-17-5-2-1-3-6-17/h1-13H,14-16H2,(H,27,30,33). The van der Waals surface area contributed by atoms with Gasteiger partial charge < -0.3 is 19.7 Å². The molecule has 2 aliphatic heterocycles. The van der Waals surface area contributed by atoms with Crippen LogP contribution < -0.4 is 19.7 Å². The van der Waals surface area contributed by atoms with Crippen LogP contribution in [0.4, 0.5) is 5.69 Å². The Morgan fingerprint density at radius 2 is 1.85 bits per heavy atom. The average Bonchev–Trinajstić information content (AvgIpc) is 3.17. The maximum Gasteiger partial charge on any atom is 0.265 e. The van der Waals surface area contributed by atoms with Crippen molar-refractivity contribution in [2.75, 3.05) is 11.5 Å². The first-order valence-corrected chi connectivity index (χ1v) is 11.9. The Bertz CT molecular complexity index is 1310. The molecule has 1 saturated heterocycles. The van der Waals surface area contributed by atoms with Crippen LogP contribution in [0, 0.1) is 0 Å². The summed E-state index contributed by atoms with van der Waals surface area (Å²) in [6, 6.07) is 23.2. The highest BCUT2D eigenvalue weighted by atomic mass is 32.2. The van der Waals surface area contributed by atoms with Crippen molar-refractivity contribution in [3.8, 4) is 11.5 Å². The Balaban J connectivity index is 1.37. The normalized spacial score (nSPS) is 16.3. The summed E-state index contributed by atoms with van der Waals surface area (Å²) >= 11 is 6.28. The molecule has 0 saturated carbocycles. The number of ether oxygens (including phenoxy) is 2. The van der Waals surface area contributed by atoms with Crippen LogP contribution in [0.3, 0.4) is 0 Å². The van der Waals surface area contributed by atoms with Gasteiger partial charge in [0.05, 0.1) is 17.1 Å². The van der Waals surface area contributed by atoms with Gasteiger partial charge >= 0.3 is 0 Å². The predicted octanol–water partition coefficient (Wildman–Crippen LogP) is 4.68. The van der Waals surface area contributed by atoms with Crippen LogP contribution in [0.15, 0.2) is 77.7 Å². The van der Waals surface area contributed by atoms with Gasteiger partial charge in [-0.2, -0.15) is 0 Å². The Kier molecular flexibility index (Phi) is 6.33. The van der Waals surface area contributed by atoms with Gasteiger partial charge in [-0.25, -0.2) is 0 Å². The van der Waals surface area contributed by atoms with Crippen molar-refractivity contribution in [2.45, 2.75) is 13.2 Å². The minimum Gasteiger partial charge on any atom is -0.489 e. The van der Waals surface area contributed by atoms with Gasteiger partial charge in [0, 0.05) is 0 Å². The van der Waals surface area contributed by atoms with Gasteiger partial charge in [0.15, 0.2) is 6.61 Å². The molecule has 0 unspecified atom stereocenters. The Morgan fingerprint density at radius 3 is 2.65 bits per heavy atom. The molecule has 170 valence electrons. The second kappa shape index (κ2) is 9.70. The summed E-state index contributed by atoms with van der Waals surface area (Å²) in [6.45, 7) is 0.817. The van der Waals surface area contributed by atoms with Crippen molar-refractivity contribution in [2.24, 2.45) is 0 Å². The predicted molar refractivity (Wildman–Crippen MR) is 137 cm³/mol. The third-order valence-corrected chi connectivity index (χ3v) is 6.52. The van der Waals surface area contributed by atoms with E-state index in [1.165, 1.54) is 11.8 Å². The van der Waals surface area contributed by atoms with Crippen LogP contribution in [0.5, 0.6) is 11.5 Å². The van der Waals surface area contributed by atoms with E-state index in [2.05, 4.69) is 5.32 Å². The zero-order valence-corrected chi connectivity index (χ0v) is 19.7. The molecule has 2 heterocycles. The molecule has 6 nitrogen and oxygen atoms in total. The molecule has 0 radical (unpaired) electrons. The number of hydrogen-bond acceptors (Lipinski definition) is 6. The molecule has 0 spiro atoms. The number of carbonyl (C=O) groups excluding carboxylic acids is 2. The Hall–Kier alpha value is -3.62. The molecule has 0 aromatic heterocycles. The number of amides is 2. The number of thioether (sulfide) groups is 1. The molecular formula is C26H20N2O4S2. The minimum atomic E-state index is -0.218. The van der Waals surface area contributed by atoms with Crippen LogP contribution in [-0.2, 0) is 22.7 Å². The lowest BCUT2D eigenvalue weighted by Gasteiger charge is -2.30. The lowest BCUT2D eigenvalue weighted by molar-refractivity contribution is -0.121. The van der Waals surface area contributed by atoms with Gasteiger partial charge in [0.1, 0.15) is 22.4 Å². The number of rotatable bonds is 6. The van der Waals surface area contributed by atoms with Crippen molar-refractivity contribution in [1.29, 1.82) is 0 Å².